The van der Waals surface area contributed by atoms with Gasteiger partial charge >= 0.3 is 0 Å². The summed E-state index contributed by atoms with van der Waals surface area (Å²) < 4.78 is 33.6. The third kappa shape index (κ3) is 3.77. The van der Waals surface area contributed by atoms with Gasteiger partial charge in [0.2, 0.25) is 5.88 Å². The van der Waals surface area contributed by atoms with E-state index in [9.17, 15) is 13.6 Å². The van der Waals surface area contributed by atoms with E-state index in [-0.39, 0.29) is 33.9 Å². The van der Waals surface area contributed by atoms with Crippen molar-refractivity contribution in [3.63, 3.8) is 0 Å². The van der Waals surface area contributed by atoms with Crippen molar-refractivity contribution in [1.29, 1.82) is 0 Å². The predicted molar refractivity (Wildman–Crippen MR) is 104 cm³/mol. The number of aliphatic imine (C=N–C) groups is 1. The Morgan fingerprint density at radius 1 is 1.43 bits per heavy atom. The molecule has 1 aliphatic heterocycles. The topological polar surface area (TPSA) is 102 Å². The molecule has 0 aliphatic carbocycles. The lowest BCUT2D eigenvalue weighted by atomic mass is 9.80. The van der Waals surface area contributed by atoms with Crippen molar-refractivity contribution in [2.75, 3.05) is 24.9 Å². The smallest absolute Gasteiger partial charge is 0.275 e. The lowest BCUT2D eigenvalue weighted by Gasteiger charge is -2.37. The Morgan fingerprint density at radius 3 is 2.86 bits per heavy atom. The zero-order chi connectivity index (χ0) is 20.3. The molecule has 0 saturated carbocycles. The third-order valence-corrected chi connectivity index (χ3v) is 5.62. The summed E-state index contributed by atoms with van der Waals surface area (Å²) in [6.07, 6.45) is 2.56. The fraction of sp³-hybridized carbons (Fsp3) is 0.333. The number of ether oxygens (including phenoxy) is 1. The van der Waals surface area contributed by atoms with Gasteiger partial charge in [-0.2, -0.15) is 0 Å². The van der Waals surface area contributed by atoms with Gasteiger partial charge in [-0.3, -0.25) is 4.79 Å². The quantitative estimate of drug-likeness (QED) is 0.790. The van der Waals surface area contributed by atoms with Crippen molar-refractivity contribution >= 4 is 28.5 Å². The van der Waals surface area contributed by atoms with E-state index >= 15 is 0 Å². The maximum Gasteiger partial charge on any atom is 0.275 e. The number of aromatic nitrogens is 2. The van der Waals surface area contributed by atoms with E-state index in [1.54, 1.807) is 6.92 Å². The number of amides is 1. The molecule has 2 atom stereocenters. The summed E-state index contributed by atoms with van der Waals surface area (Å²) in [5, 5.41) is 2.82. The van der Waals surface area contributed by atoms with Gasteiger partial charge in [0.15, 0.2) is 5.17 Å². The average Bonchev–Trinajstić information content (AvgIpc) is 2.71. The molecule has 0 fully saturated rings. The summed E-state index contributed by atoms with van der Waals surface area (Å²) >= 11 is 1.30. The highest BCUT2D eigenvalue weighted by Crippen LogP contribution is 2.42. The van der Waals surface area contributed by atoms with Gasteiger partial charge in [-0.25, -0.2) is 23.7 Å². The van der Waals surface area contributed by atoms with Crippen LogP contribution < -0.4 is 15.8 Å². The Morgan fingerprint density at radius 2 is 2.21 bits per heavy atom. The molecule has 1 amide bonds. The SMILES string of the molecule is COc1cnc(C(=O)Nc2ccc(F)c([C@@]3(CF)N=C(N)SC[C@@H]3C)c2)cn1. The highest BCUT2D eigenvalue weighted by Gasteiger charge is 2.43. The van der Waals surface area contributed by atoms with Crippen molar-refractivity contribution in [1.82, 2.24) is 9.97 Å². The van der Waals surface area contributed by atoms with Crippen LogP contribution in [0.5, 0.6) is 5.88 Å². The first kappa shape index (κ1) is 20.0. The Hall–Kier alpha value is -2.75. The molecule has 0 saturated heterocycles. The maximum absolute atomic E-state index is 14.6. The van der Waals surface area contributed by atoms with Gasteiger partial charge in [0, 0.05) is 17.0 Å². The van der Waals surface area contributed by atoms with Crippen molar-refractivity contribution in [3.05, 3.63) is 47.7 Å². The van der Waals surface area contributed by atoms with Crippen LogP contribution in [0.1, 0.15) is 23.0 Å². The van der Waals surface area contributed by atoms with Gasteiger partial charge in [0.25, 0.3) is 5.91 Å². The second kappa shape index (κ2) is 8.09. The minimum Gasteiger partial charge on any atom is -0.480 e. The zero-order valence-electron chi connectivity index (χ0n) is 15.3. The first-order valence-corrected chi connectivity index (χ1v) is 9.39. The number of hydrogen-bond donors (Lipinski definition) is 2. The Labute approximate surface area is 164 Å². The van der Waals surface area contributed by atoms with Crippen LogP contribution in [0.4, 0.5) is 14.5 Å². The van der Waals surface area contributed by atoms with Crippen molar-refractivity contribution in [3.8, 4) is 5.88 Å². The molecule has 148 valence electrons. The molecule has 7 nitrogen and oxygen atoms in total. The number of amidine groups is 1. The van der Waals surface area contributed by atoms with E-state index in [2.05, 4.69) is 20.3 Å². The average molecular weight is 407 g/mol. The number of carbonyl (C=O) groups is 1. The number of thioether (sulfide) groups is 1. The van der Waals surface area contributed by atoms with E-state index in [0.29, 0.717) is 5.75 Å². The Kier molecular flexibility index (Phi) is 5.78. The molecule has 0 spiro atoms. The molecular weight excluding hydrogens is 388 g/mol. The molecular formula is C18H19F2N5O2S. The van der Waals surface area contributed by atoms with E-state index in [1.165, 1.54) is 49.5 Å². The number of nitrogens with one attached hydrogen (secondary N) is 1. The predicted octanol–water partition coefficient (Wildman–Crippen LogP) is 2.74. The van der Waals surface area contributed by atoms with Gasteiger partial charge < -0.3 is 15.8 Å². The molecule has 1 aliphatic rings. The maximum atomic E-state index is 14.6. The Bertz CT molecular complexity index is 909. The zero-order valence-corrected chi connectivity index (χ0v) is 16.1. The van der Waals surface area contributed by atoms with Gasteiger partial charge in [-0.15, -0.1) is 0 Å². The molecule has 2 aromatic rings. The second-order valence-electron chi connectivity index (χ2n) is 6.31. The molecule has 0 bridgehead atoms. The summed E-state index contributed by atoms with van der Waals surface area (Å²) in [7, 11) is 1.44. The lowest BCUT2D eigenvalue weighted by Crippen LogP contribution is -2.41. The van der Waals surface area contributed by atoms with Gasteiger partial charge in [-0.05, 0) is 24.1 Å². The first-order valence-electron chi connectivity index (χ1n) is 8.41. The molecule has 2 heterocycles. The normalized spacial score (nSPS) is 21.7. The van der Waals surface area contributed by atoms with Crippen LogP contribution in [0.2, 0.25) is 0 Å². The van der Waals surface area contributed by atoms with E-state index in [1.807, 2.05) is 0 Å². The summed E-state index contributed by atoms with van der Waals surface area (Å²) in [5.41, 5.74) is 4.73. The first-order chi connectivity index (χ1) is 13.4. The molecule has 0 unspecified atom stereocenters. The van der Waals surface area contributed by atoms with Crippen molar-refractivity contribution in [2.45, 2.75) is 12.5 Å². The highest BCUT2D eigenvalue weighted by atomic mass is 32.2. The summed E-state index contributed by atoms with van der Waals surface area (Å²) in [6, 6.07) is 3.93. The minimum atomic E-state index is -1.43. The van der Waals surface area contributed by atoms with Crippen LogP contribution >= 0.6 is 11.8 Å². The summed E-state index contributed by atoms with van der Waals surface area (Å²) in [4.78, 5) is 24.5. The number of alkyl halides is 1. The van der Waals surface area contributed by atoms with E-state index in [4.69, 9.17) is 10.5 Å². The molecule has 1 aromatic heterocycles. The van der Waals surface area contributed by atoms with Crippen molar-refractivity contribution in [2.24, 2.45) is 16.6 Å². The van der Waals surface area contributed by atoms with E-state index < -0.39 is 23.9 Å². The fourth-order valence-electron chi connectivity index (χ4n) is 2.92. The number of rotatable bonds is 5. The van der Waals surface area contributed by atoms with Crippen molar-refractivity contribution < 1.29 is 18.3 Å². The van der Waals surface area contributed by atoms with Crippen LogP contribution in [-0.4, -0.2) is 40.6 Å². The number of halogens is 2. The molecule has 3 N–H and O–H groups in total. The number of carbonyl (C=O) groups excluding carboxylic acids is 1. The number of nitrogens with two attached hydrogens (primary N) is 1. The summed E-state index contributed by atoms with van der Waals surface area (Å²) in [6.45, 7) is 0.883. The highest BCUT2D eigenvalue weighted by molar-refractivity contribution is 8.13. The largest absolute Gasteiger partial charge is 0.480 e. The van der Waals surface area contributed by atoms with Crippen LogP contribution in [0.3, 0.4) is 0 Å². The Balaban J connectivity index is 1.92. The lowest BCUT2D eigenvalue weighted by molar-refractivity contribution is 0.102. The number of methoxy groups -OCH3 is 1. The third-order valence-electron chi connectivity index (χ3n) is 4.57. The standard InChI is InChI=1S/C18H19F2N5O2S/c1-10-8-28-17(21)25-18(10,9-19)12-5-11(3-4-13(12)20)24-16(26)14-6-23-15(27-2)7-22-14/h3-7,10H,8-9H2,1-2H3,(H2,21,25)(H,24,26)/t10-,18-/m0/s1. The molecule has 28 heavy (non-hydrogen) atoms. The molecule has 1 aromatic carbocycles. The molecule has 0 radical (unpaired) electrons. The van der Waals surface area contributed by atoms with Gasteiger partial charge in [0.1, 0.15) is 23.7 Å². The van der Waals surface area contributed by atoms with Gasteiger partial charge in [0.05, 0.1) is 19.5 Å². The van der Waals surface area contributed by atoms with E-state index in [0.717, 1.165) is 0 Å². The van der Waals surface area contributed by atoms with Crippen LogP contribution in [-0.2, 0) is 5.54 Å². The van der Waals surface area contributed by atoms with Crippen LogP contribution in [0.25, 0.3) is 0 Å². The fourth-order valence-corrected chi connectivity index (χ4v) is 3.84. The summed E-state index contributed by atoms with van der Waals surface area (Å²) in [5.74, 6) is -0.670. The number of anilines is 1. The monoisotopic (exact) mass is 407 g/mol. The minimum absolute atomic E-state index is 0.0457. The molecule has 3 rings (SSSR count). The number of hydrogen-bond acceptors (Lipinski definition) is 7. The van der Waals surface area contributed by atoms with Gasteiger partial charge in [-0.1, -0.05) is 18.7 Å². The molecule has 10 heteroatoms. The second-order valence-corrected chi connectivity index (χ2v) is 7.35. The number of benzene rings is 1. The van der Waals surface area contributed by atoms with Crippen LogP contribution in [0, 0.1) is 11.7 Å². The van der Waals surface area contributed by atoms with Crippen LogP contribution in [0.15, 0.2) is 35.6 Å². The number of nitrogens with zero attached hydrogens (tertiary/aromatic N) is 3.